The molecule has 17 heavy (non-hydrogen) atoms. The Morgan fingerprint density at radius 2 is 1.53 bits per heavy atom. The highest BCUT2D eigenvalue weighted by Gasteiger charge is 2.01. The molecule has 3 N–H and O–H groups in total. The van der Waals surface area contributed by atoms with Crippen molar-refractivity contribution in [2.45, 2.75) is 6.61 Å². The van der Waals surface area contributed by atoms with Crippen molar-refractivity contribution in [3.8, 4) is 23.0 Å². The van der Waals surface area contributed by atoms with Crippen LogP contribution in [0.3, 0.4) is 0 Å². The highest BCUT2D eigenvalue weighted by Crippen LogP contribution is 2.25. The molecule has 0 amide bonds. The molecule has 4 heteroatoms. The molecule has 0 spiro atoms. The van der Waals surface area contributed by atoms with E-state index < -0.39 is 0 Å². The van der Waals surface area contributed by atoms with Crippen LogP contribution >= 0.6 is 0 Å². The maximum Gasteiger partial charge on any atom is 0.157 e. The zero-order valence-corrected chi connectivity index (χ0v) is 9.00. The lowest BCUT2D eigenvalue weighted by Gasteiger charge is -2.07. The van der Waals surface area contributed by atoms with Gasteiger partial charge in [-0.25, -0.2) is 0 Å². The Balaban J connectivity index is 2.02. The van der Waals surface area contributed by atoms with E-state index in [9.17, 15) is 5.11 Å². The Bertz CT molecular complexity index is 505. The predicted octanol–water partition coefficient (Wildman–Crippen LogP) is 2.38. The van der Waals surface area contributed by atoms with Crippen LogP contribution in [0.15, 0.2) is 42.5 Å². The van der Waals surface area contributed by atoms with Crippen molar-refractivity contribution in [2.75, 3.05) is 0 Å². The van der Waals surface area contributed by atoms with Gasteiger partial charge in [0, 0.05) is 0 Å². The number of aromatic hydroxyl groups is 3. The first kappa shape index (κ1) is 11.1. The zero-order valence-electron chi connectivity index (χ0n) is 9.00. The highest BCUT2D eigenvalue weighted by atomic mass is 16.5. The fourth-order valence-electron chi connectivity index (χ4n) is 1.37. The van der Waals surface area contributed by atoms with Crippen molar-refractivity contribution in [1.82, 2.24) is 0 Å². The van der Waals surface area contributed by atoms with E-state index in [2.05, 4.69) is 0 Å². The second kappa shape index (κ2) is 4.65. The summed E-state index contributed by atoms with van der Waals surface area (Å²) in [5.41, 5.74) is 0.744. The maximum absolute atomic E-state index is 9.30. The average molecular weight is 232 g/mol. The minimum Gasteiger partial charge on any atom is -0.508 e. The molecule has 0 fully saturated rings. The van der Waals surface area contributed by atoms with E-state index in [0.717, 1.165) is 5.56 Å². The average Bonchev–Trinajstić information content (AvgIpc) is 2.33. The molecule has 0 unspecified atom stereocenters. The Morgan fingerprint density at radius 1 is 0.824 bits per heavy atom. The van der Waals surface area contributed by atoms with Crippen LogP contribution in [0.5, 0.6) is 23.0 Å². The minimum absolute atomic E-state index is 0.154. The topological polar surface area (TPSA) is 69.9 Å². The van der Waals surface area contributed by atoms with Crippen LogP contribution in [0.2, 0.25) is 0 Å². The molecule has 0 aliphatic carbocycles. The first-order valence-corrected chi connectivity index (χ1v) is 5.08. The van der Waals surface area contributed by atoms with Gasteiger partial charge < -0.3 is 20.1 Å². The van der Waals surface area contributed by atoms with Crippen LogP contribution in [0, 0.1) is 0 Å². The molecule has 0 aliphatic rings. The van der Waals surface area contributed by atoms with Crippen molar-refractivity contribution in [3.63, 3.8) is 0 Å². The van der Waals surface area contributed by atoms with Gasteiger partial charge in [-0.2, -0.15) is 0 Å². The fourth-order valence-corrected chi connectivity index (χ4v) is 1.37. The Kier molecular flexibility index (Phi) is 3.05. The Hall–Kier alpha value is -2.36. The van der Waals surface area contributed by atoms with E-state index in [0.29, 0.717) is 5.75 Å². The Morgan fingerprint density at radius 3 is 2.18 bits per heavy atom. The van der Waals surface area contributed by atoms with Crippen molar-refractivity contribution < 1.29 is 20.1 Å². The normalized spacial score (nSPS) is 10.1. The lowest BCUT2D eigenvalue weighted by atomic mass is 10.2. The maximum atomic E-state index is 9.30. The van der Waals surface area contributed by atoms with Crippen LogP contribution in [0.4, 0.5) is 0 Å². The summed E-state index contributed by atoms with van der Waals surface area (Å²) in [6.45, 7) is 0.276. The van der Waals surface area contributed by atoms with Crippen molar-refractivity contribution in [1.29, 1.82) is 0 Å². The zero-order chi connectivity index (χ0) is 12.3. The van der Waals surface area contributed by atoms with Gasteiger partial charge in [0.2, 0.25) is 0 Å². The van der Waals surface area contributed by atoms with E-state index >= 15 is 0 Å². The van der Waals surface area contributed by atoms with Gasteiger partial charge in [-0.1, -0.05) is 6.07 Å². The molecule has 0 atom stereocenters. The lowest BCUT2D eigenvalue weighted by Crippen LogP contribution is -1.94. The molecule has 0 aliphatic heterocycles. The molecule has 2 aromatic rings. The van der Waals surface area contributed by atoms with Crippen molar-refractivity contribution in [3.05, 3.63) is 48.0 Å². The molecule has 0 bridgehead atoms. The molecule has 2 rings (SSSR count). The summed E-state index contributed by atoms with van der Waals surface area (Å²) < 4.78 is 5.44. The molecule has 4 nitrogen and oxygen atoms in total. The van der Waals surface area contributed by atoms with Gasteiger partial charge in [-0.3, -0.25) is 0 Å². The molecule has 88 valence electrons. The van der Waals surface area contributed by atoms with Crippen LogP contribution in [0.25, 0.3) is 0 Å². The molecule has 2 aromatic carbocycles. The second-order valence-corrected chi connectivity index (χ2v) is 3.61. The number of hydrogen-bond donors (Lipinski definition) is 3. The standard InChI is InChI=1S/C13H12O4/c14-10-2-4-11(5-3-10)17-8-9-1-6-12(15)13(16)7-9/h1-7,14-16H,8H2. The van der Waals surface area contributed by atoms with Gasteiger partial charge in [-0.15, -0.1) is 0 Å². The smallest absolute Gasteiger partial charge is 0.157 e. The number of benzene rings is 2. The third-order valence-corrected chi connectivity index (χ3v) is 2.28. The number of ether oxygens (including phenoxy) is 1. The van der Waals surface area contributed by atoms with Gasteiger partial charge in [0.15, 0.2) is 11.5 Å². The van der Waals surface area contributed by atoms with E-state index in [-0.39, 0.29) is 23.9 Å². The molecular weight excluding hydrogens is 220 g/mol. The van der Waals surface area contributed by atoms with Crippen molar-refractivity contribution in [2.24, 2.45) is 0 Å². The monoisotopic (exact) mass is 232 g/mol. The third-order valence-electron chi connectivity index (χ3n) is 2.28. The lowest BCUT2D eigenvalue weighted by molar-refractivity contribution is 0.304. The summed E-state index contributed by atoms with van der Waals surface area (Å²) in [7, 11) is 0. The van der Waals surface area contributed by atoms with Crippen LogP contribution in [-0.2, 0) is 6.61 Å². The summed E-state index contributed by atoms with van der Waals surface area (Å²) in [6, 6.07) is 10.9. The van der Waals surface area contributed by atoms with Gasteiger partial charge in [0.1, 0.15) is 18.1 Å². The van der Waals surface area contributed by atoms with E-state index in [1.165, 1.54) is 24.3 Å². The number of hydrogen-bond acceptors (Lipinski definition) is 4. The predicted molar refractivity (Wildman–Crippen MR) is 62.2 cm³/mol. The first-order chi connectivity index (χ1) is 8.15. The van der Waals surface area contributed by atoms with Crippen LogP contribution in [0.1, 0.15) is 5.56 Å². The van der Waals surface area contributed by atoms with Gasteiger partial charge in [0.05, 0.1) is 0 Å². The number of rotatable bonds is 3. The fraction of sp³-hybridized carbons (Fsp3) is 0.0769. The summed E-state index contributed by atoms with van der Waals surface area (Å²) >= 11 is 0. The molecule has 0 saturated heterocycles. The molecular formula is C13H12O4. The molecule has 0 heterocycles. The number of phenols is 3. The van der Waals surface area contributed by atoms with Gasteiger partial charge >= 0.3 is 0 Å². The SMILES string of the molecule is Oc1ccc(OCc2ccc(O)c(O)c2)cc1. The molecule has 0 saturated carbocycles. The first-order valence-electron chi connectivity index (χ1n) is 5.08. The number of phenolic OH excluding ortho intramolecular Hbond substituents is 3. The summed E-state index contributed by atoms with van der Waals surface area (Å²) in [4.78, 5) is 0. The molecule has 0 radical (unpaired) electrons. The highest BCUT2D eigenvalue weighted by molar-refractivity contribution is 5.40. The van der Waals surface area contributed by atoms with E-state index in [4.69, 9.17) is 14.9 Å². The van der Waals surface area contributed by atoms with E-state index in [1.54, 1.807) is 18.2 Å². The Labute approximate surface area is 98.3 Å². The quantitative estimate of drug-likeness (QED) is 0.710. The van der Waals surface area contributed by atoms with E-state index in [1.807, 2.05) is 0 Å². The molecule has 0 aromatic heterocycles. The summed E-state index contributed by atoms with van der Waals surface area (Å²) in [5, 5.41) is 27.5. The third kappa shape index (κ3) is 2.81. The summed E-state index contributed by atoms with van der Waals surface area (Å²) in [6.07, 6.45) is 0. The van der Waals surface area contributed by atoms with Crippen molar-refractivity contribution >= 4 is 0 Å². The second-order valence-electron chi connectivity index (χ2n) is 3.61. The minimum atomic E-state index is -0.170. The van der Waals surface area contributed by atoms with Crippen LogP contribution < -0.4 is 4.74 Å². The summed E-state index contributed by atoms with van der Waals surface area (Å²) in [5.74, 6) is 0.477. The van der Waals surface area contributed by atoms with Gasteiger partial charge in [0.25, 0.3) is 0 Å². The largest absolute Gasteiger partial charge is 0.508 e. The van der Waals surface area contributed by atoms with Crippen LogP contribution in [-0.4, -0.2) is 15.3 Å². The van der Waals surface area contributed by atoms with Gasteiger partial charge in [-0.05, 0) is 42.0 Å².